The van der Waals surface area contributed by atoms with Crippen molar-refractivity contribution in [3.63, 3.8) is 0 Å². The van der Waals surface area contributed by atoms with Crippen molar-refractivity contribution in [3.8, 4) is 0 Å². The van der Waals surface area contributed by atoms with E-state index < -0.39 is 5.97 Å². The van der Waals surface area contributed by atoms with Gasteiger partial charge in [-0.25, -0.2) is 4.79 Å². The molecule has 0 aromatic heterocycles. The average molecular weight is 352 g/mol. The van der Waals surface area contributed by atoms with E-state index in [0.717, 1.165) is 24.1 Å². The number of fused-ring (bicyclic) bond motifs is 1. The van der Waals surface area contributed by atoms with Crippen LogP contribution in [0.15, 0.2) is 36.4 Å². The van der Waals surface area contributed by atoms with Crippen molar-refractivity contribution in [1.82, 2.24) is 0 Å². The zero-order valence-corrected chi connectivity index (χ0v) is 14.7. The second-order valence-corrected chi connectivity index (χ2v) is 6.46. The van der Waals surface area contributed by atoms with Gasteiger partial charge in [-0.05, 0) is 67.3 Å². The summed E-state index contributed by atoms with van der Waals surface area (Å²) in [5.41, 5.74) is 3.60. The molecule has 0 radical (unpaired) electrons. The number of amides is 2. The second kappa shape index (κ2) is 7.00. The Morgan fingerprint density at radius 3 is 2.50 bits per heavy atom. The third-order valence-electron chi connectivity index (χ3n) is 4.42. The number of aryl methyl sites for hydroxylation is 2. The molecule has 2 aromatic rings. The van der Waals surface area contributed by atoms with Gasteiger partial charge in [0, 0.05) is 30.4 Å². The summed E-state index contributed by atoms with van der Waals surface area (Å²) in [6.07, 6.45) is 1.72. The van der Waals surface area contributed by atoms with Crippen molar-refractivity contribution < 1.29 is 19.5 Å². The molecule has 2 amide bonds. The molecule has 3 rings (SSSR count). The number of rotatable bonds is 3. The molecule has 6 nitrogen and oxygen atoms in total. The van der Waals surface area contributed by atoms with Crippen LogP contribution in [0.25, 0.3) is 0 Å². The van der Waals surface area contributed by atoms with E-state index in [9.17, 15) is 14.4 Å². The van der Waals surface area contributed by atoms with Gasteiger partial charge in [0.05, 0.1) is 5.56 Å². The molecule has 0 unspecified atom stereocenters. The normalized spacial score (nSPS) is 13.1. The zero-order valence-electron chi connectivity index (χ0n) is 14.7. The fourth-order valence-electron chi connectivity index (χ4n) is 3.24. The van der Waals surface area contributed by atoms with E-state index in [2.05, 4.69) is 5.32 Å². The summed E-state index contributed by atoms with van der Waals surface area (Å²) < 4.78 is 0. The molecule has 1 aliphatic rings. The van der Waals surface area contributed by atoms with Crippen LogP contribution in [0.3, 0.4) is 0 Å². The maximum absolute atomic E-state index is 12.5. The minimum atomic E-state index is -1.07. The number of anilines is 2. The van der Waals surface area contributed by atoms with Gasteiger partial charge in [-0.15, -0.1) is 0 Å². The summed E-state index contributed by atoms with van der Waals surface area (Å²) in [6.45, 7) is 4.00. The molecule has 1 heterocycles. The average Bonchev–Trinajstić information content (AvgIpc) is 2.60. The van der Waals surface area contributed by atoms with Gasteiger partial charge in [-0.3, -0.25) is 9.59 Å². The minimum Gasteiger partial charge on any atom is -0.478 e. The van der Waals surface area contributed by atoms with Crippen LogP contribution < -0.4 is 10.2 Å². The van der Waals surface area contributed by atoms with Gasteiger partial charge in [0.15, 0.2) is 0 Å². The van der Waals surface area contributed by atoms with Crippen molar-refractivity contribution in [3.05, 3.63) is 58.7 Å². The van der Waals surface area contributed by atoms with Crippen molar-refractivity contribution in [2.75, 3.05) is 16.8 Å². The number of carboxylic acids is 1. The van der Waals surface area contributed by atoms with E-state index in [1.165, 1.54) is 12.1 Å². The number of nitrogens with zero attached hydrogens (tertiary/aromatic N) is 1. The number of hydrogen-bond donors (Lipinski definition) is 2. The molecule has 2 N–H and O–H groups in total. The van der Waals surface area contributed by atoms with E-state index >= 15 is 0 Å². The fraction of sp³-hybridized carbons (Fsp3) is 0.250. The summed E-state index contributed by atoms with van der Waals surface area (Å²) in [5.74, 6) is -1.43. The van der Waals surface area contributed by atoms with Crippen molar-refractivity contribution >= 4 is 29.2 Å². The molecule has 0 spiro atoms. The Bertz CT molecular complexity index is 905. The Hall–Kier alpha value is -3.15. The molecule has 0 aliphatic carbocycles. The third kappa shape index (κ3) is 3.59. The van der Waals surface area contributed by atoms with Crippen LogP contribution in [0.5, 0.6) is 0 Å². The Morgan fingerprint density at radius 1 is 1.08 bits per heavy atom. The summed E-state index contributed by atoms with van der Waals surface area (Å²) in [7, 11) is 0. The molecule has 6 heteroatoms. The highest BCUT2D eigenvalue weighted by Crippen LogP contribution is 2.30. The Labute approximate surface area is 151 Å². The van der Waals surface area contributed by atoms with Crippen LogP contribution in [-0.2, 0) is 11.2 Å². The molecule has 0 saturated carbocycles. The lowest BCUT2D eigenvalue weighted by atomic mass is 10.0. The first kappa shape index (κ1) is 17.7. The lowest BCUT2D eigenvalue weighted by molar-refractivity contribution is -0.116. The fourth-order valence-corrected chi connectivity index (χ4v) is 3.24. The number of benzene rings is 2. The lowest BCUT2D eigenvalue weighted by Gasteiger charge is -2.29. The van der Waals surface area contributed by atoms with E-state index in [1.807, 2.05) is 12.1 Å². The molecule has 1 aliphatic heterocycles. The van der Waals surface area contributed by atoms with Gasteiger partial charge in [0.25, 0.3) is 5.91 Å². The van der Waals surface area contributed by atoms with Crippen LogP contribution in [0.2, 0.25) is 0 Å². The summed E-state index contributed by atoms with van der Waals surface area (Å²) in [6, 6.07) is 10.00. The predicted molar refractivity (Wildman–Crippen MR) is 98.9 cm³/mol. The van der Waals surface area contributed by atoms with Gasteiger partial charge in [0.1, 0.15) is 0 Å². The number of hydrogen-bond acceptors (Lipinski definition) is 3. The van der Waals surface area contributed by atoms with Crippen molar-refractivity contribution in [2.24, 2.45) is 0 Å². The smallest absolute Gasteiger partial charge is 0.335 e. The highest BCUT2D eigenvalue weighted by molar-refractivity contribution is 6.06. The van der Waals surface area contributed by atoms with E-state index in [4.69, 9.17) is 5.11 Å². The van der Waals surface area contributed by atoms with Gasteiger partial charge in [-0.2, -0.15) is 0 Å². The Balaban J connectivity index is 1.85. The van der Waals surface area contributed by atoms with Gasteiger partial charge < -0.3 is 15.3 Å². The third-order valence-corrected chi connectivity index (χ3v) is 4.42. The zero-order chi connectivity index (χ0) is 18.8. The largest absolute Gasteiger partial charge is 0.478 e. The lowest BCUT2D eigenvalue weighted by Crippen LogP contribution is -2.33. The standard InChI is InChI=1S/C20H20N2O4/c1-12-8-15(10-16(9-12)20(25)26)19(24)21-17-5-6-18-14(11-17)4-3-7-22(18)13(2)23/h5-6,8-11H,3-4,7H2,1-2H3,(H,21,24)(H,25,26). The van der Waals surface area contributed by atoms with E-state index in [1.54, 1.807) is 30.9 Å². The highest BCUT2D eigenvalue weighted by Gasteiger charge is 2.20. The first-order valence-electron chi connectivity index (χ1n) is 8.42. The minimum absolute atomic E-state index is 0.00342. The van der Waals surface area contributed by atoms with Gasteiger partial charge >= 0.3 is 5.97 Å². The van der Waals surface area contributed by atoms with E-state index in [-0.39, 0.29) is 17.4 Å². The Kier molecular flexibility index (Phi) is 4.75. The van der Waals surface area contributed by atoms with Crippen LogP contribution in [-0.4, -0.2) is 29.4 Å². The monoisotopic (exact) mass is 352 g/mol. The van der Waals surface area contributed by atoms with Crippen molar-refractivity contribution in [2.45, 2.75) is 26.7 Å². The van der Waals surface area contributed by atoms with Crippen molar-refractivity contribution in [1.29, 1.82) is 0 Å². The first-order chi connectivity index (χ1) is 12.3. The van der Waals surface area contributed by atoms with Gasteiger partial charge in [-0.1, -0.05) is 0 Å². The molecule has 0 saturated heterocycles. The molecule has 2 aromatic carbocycles. The first-order valence-corrected chi connectivity index (χ1v) is 8.42. The number of carboxylic acid groups (broad SMARTS) is 1. The maximum Gasteiger partial charge on any atom is 0.335 e. The topological polar surface area (TPSA) is 86.7 Å². The van der Waals surface area contributed by atoms with Crippen LogP contribution in [0.1, 0.15) is 45.2 Å². The second-order valence-electron chi connectivity index (χ2n) is 6.46. The number of carbonyl (C=O) groups is 3. The van der Waals surface area contributed by atoms with Crippen LogP contribution >= 0.6 is 0 Å². The van der Waals surface area contributed by atoms with Gasteiger partial charge in [0.2, 0.25) is 5.91 Å². The summed E-state index contributed by atoms with van der Waals surface area (Å²) >= 11 is 0. The summed E-state index contributed by atoms with van der Waals surface area (Å²) in [4.78, 5) is 37.2. The highest BCUT2D eigenvalue weighted by atomic mass is 16.4. The Morgan fingerprint density at radius 2 is 1.81 bits per heavy atom. The molecule has 0 fully saturated rings. The number of aromatic carboxylic acids is 1. The van der Waals surface area contributed by atoms with Crippen LogP contribution in [0, 0.1) is 6.92 Å². The molecule has 26 heavy (non-hydrogen) atoms. The number of carbonyl (C=O) groups excluding carboxylic acids is 2. The molecular weight excluding hydrogens is 332 g/mol. The SMILES string of the molecule is CC(=O)N1CCCc2cc(NC(=O)c3cc(C)cc(C(=O)O)c3)ccc21. The number of nitrogens with one attached hydrogen (secondary N) is 1. The molecular formula is C20H20N2O4. The van der Waals surface area contributed by atoms with E-state index in [0.29, 0.717) is 23.4 Å². The summed E-state index contributed by atoms with van der Waals surface area (Å²) in [5, 5.41) is 12.0. The maximum atomic E-state index is 12.5. The molecule has 0 bridgehead atoms. The predicted octanol–water partition coefficient (Wildman–Crippen LogP) is 3.24. The molecule has 134 valence electrons. The van der Waals surface area contributed by atoms with Crippen LogP contribution in [0.4, 0.5) is 11.4 Å². The quantitative estimate of drug-likeness (QED) is 0.888. The molecule has 0 atom stereocenters.